The Kier molecular flexibility index (Phi) is 5.94. The van der Waals surface area contributed by atoms with Crippen LogP contribution in [0.25, 0.3) is 0 Å². The van der Waals surface area contributed by atoms with Gasteiger partial charge in [-0.3, -0.25) is 0 Å². The summed E-state index contributed by atoms with van der Waals surface area (Å²) in [7, 11) is 3.42. The molecule has 0 unspecified atom stereocenters. The van der Waals surface area contributed by atoms with Gasteiger partial charge in [-0.05, 0) is 55.8 Å². The number of nitrogens with one attached hydrogen (secondary N) is 1. The van der Waals surface area contributed by atoms with Crippen molar-refractivity contribution in [2.24, 2.45) is 5.92 Å². The maximum atomic E-state index is 5.66. The fourth-order valence-electron chi connectivity index (χ4n) is 3.22. The molecular formula is C17H26BrNO2. The van der Waals surface area contributed by atoms with E-state index in [1.165, 1.54) is 24.0 Å². The number of halogens is 1. The summed E-state index contributed by atoms with van der Waals surface area (Å²) >= 11 is 3.75. The number of methoxy groups -OCH3 is 2. The van der Waals surface area contributed by atoms with E-state index in [1.54, 1.807) is 14.2 Å². The summed E-state index contributed by atoms with van der Waals surface area (Å²) in [6.07, 6.45) is 3.60. The van der Waals surface area contributed by atoms with Gasteiger partial charge < -0.3 is 14.8 Å². The number of benzene rings is 1. The van der Waals surface area contributed by atoms with E-state index in [0.717, 1.165) is 41.4 Å². The fourth-order valence-corrected chi connectivity index (χ4v) is 3.80. The molecule has 0 saturated carbocycles. The van der Waals surface area contributed by atoms with Gasteiger partial charge in [0.2, 0.25) is 0 Å². The number of hydrogen-bond acceptors (Lipinski definition) is 3. The molecule has 4 heteroatoms. The van der Waals surface area contributed by atoms with Crippen LogP contribution < -0.4 is 14.8 Å². The summed E-state index contributed by atoms with van der Waals surface area (Å²) in [5.41, 5.74) is 2.66. The standard InChI is InChI=1S/C17H26BrNO2/c1-11(2)16-13(9-12-5-7-19-8-6-12)14(18)10-15(20-3)17(16)21-4/h10-12,19H,5-9H2,1-4H3. The molecule has 21 heavy (non-hydrogen) atoms. The largest absolute Gasteiger partial charge is 0.493 e. The second-order valence-electron chi connectivity index (χ2n) is 6.04. The molecule has 0 bridgehead atoms. The molecule has 0 radical (unpaired) electrons. The molecule has 1 aromatic rings. The highest BCUT2D eigenvalue weighted by Crippen LogP contribution is 2.43. The van der Waals surface area contributed by atoms with E-state index in [2.05, 4.69) is 35.1 Å². The van der Waals surface area contributed by atoms with Crippen molar-refractivity contribution in [1.29, 1.82) is 0 Å². The van der Waals surface area contributed by atoms with Gasteiger partial charge in [0.25, 0.3) is 0 Å². The van der Waals surface area contributed by atoms with Gasteiger partial charge in [0.05, 0.1) is 14.2 Å². The molecule has 1 N–H and O–H groups in total. The van der Waals surface area contributed by atoms with Crippen LogP contribution in [0.1, 0.15) is 43.7 Å². The van der Waals surface area contributed by atoms with E-state index in [-0.39, 0.29) is 0 Å². The van der Waals surface area contributed by atoms with Crippen LogP contribution in [0.5, 0.6) is 11.5 Å². The highest BCUT2D eigenvalue weighted by molar-refractivity contribution is 9.10. The van der Waals surface area contributed by atoms with Crippen LogP contribution in [0, 0.1) is 5.92 Å². The summed E-state index contributed by atoms with van der Waals surface area (Å²) < 4.78 is 12.3. The number of piperidine rings is 1. The van der Waals surface area contributed by atoms with E-state index < -0.39 is 0 Å². The summed E-state index contributed by atoms with van der Waals surface area (Å²) in [4.78, 5) is 0. The Morgan fingerprint density at radius 2 is 1.90 bits per heavy atom. The Bertz CT molecular complexity index is 482. The lowest BCUT2D eigenvalue weighted by atomic mass is 9.86. The normalized spacial score (nSPS) is 16.3. The lowest BCUT2D eigenvalue weighted by Gasteiger charge is -2.26. The zero-order valence-electron chi connectivity index (χ0n) is 13.5. The Hall–Kier alpha value is -0.740. The topological polar surface area (TPSA) is 30.5 Å². The summed E-state index contributed by atoms with van der Waals surface area (Å²) in [5, 5.41) is 3.44. The molecule has 1 fully saturated rings. The lowest BCUT2D eigenvalue weighted by Crippen LogP contribution is -2.29. The Balaban J connectivity index is 2.42. The molecule has 3 nitrogen and oxygen atoms in total. The van der Waals surface area contributed by atoms with Crippen LogP contribution in [0.15, 0.2) is 10.5 Å². The van der Waals surface area contributed by atoms with Crippen LogP contribution in [-0.2, 0) is 6.42 Å². The first-order valence-corrected chi connectivity index (χ1v) is 8.51. The van der Waals surface area contributed by atoms with E-state index in [9.17, 15) is 0 Å². The molecular weight excluding hydrogens is 330 g/mol. The highest BCUT2D eigenvalue weighted by atomic mass is 79.9. The molecule has 1 heterocycles. The van der Waals surface area contributed by atoms with E-state index in [4.69, 9.17) is 9.47 Å². The Labute approximate surface area is 136 Å². The van der Waals surface area contributed by atoms with Crippen molar-refractivity contribution in [1.82, 2.24) is 5.32 Å². The van der Waals surface area contributed by atoms with Crippen LogP contribution in [0.2, 0.25) is 0 Å². The van der Waals surface area contributed by atoms with Gasteiger partial charge in [-0.2, -0.15) is 0 Å². The van der Waals surface area contributed by atoms with Crippen LogP contribution in [0.3, 0.4) is 0 Å². The molecule has 0 atom stereocenters. The minimum Gasteiger partial charge on any atom is -0.493 e. The smallest absolute Gasteiger partial charge is 0.164 e. The number of rotatable bonds is 5. The summed E-state index contributed by atoms with van der Waals surface area (Å²) in [5.74, 6) is 2.85. The van der Waals surface area contributed by atoms with Gasteiger partial charge in [0, 0.05) is 10.0 Å². The first-order chi connectivity index (χ1) is 10.1. The molecule has 118 valence electrons. The highest BCUT2D eigenvalue weighted by Gasteiger charge is 2.23. The van der Waals surface area contributed by atoms with Gasteiger partial charge in [-0.1, -0.05) is 29.8 Å². The average Bonchev–Trinajstić information content (AvgIpc) is 2.49. The van der Waals surface area contributed by atoms with Crippen molar-refractivity contribution in [2.45, 2.75) is 39.0 Å². The first kappa shape index (κ1) is 16.6. The number of hydrogen-bond donors (Lipinski definition) is 1. The lowest BCUT2D eigenvalue weighted by molar-refractivity contribution is 0.345. The van der Waals surface area contributed by atoms with E-state index in [0.29, 0.717) is 5.92 Å². The minimum absolute atomic E-state index is 0.406. The maximum Gasteiger partial charge on any atom is 0.164 e. The zero-order valence-corrected chi connectivity index (χ0v) is 15.0. The third kappa shape index (κ3) is 3.72. The van der Waals surface area contributed by atoms with Gasteiger partial charge in [0.1, 0.15) is 0 Å². The van der Waals surface area contributed by atoms with E-state index in [1.807, 2.05) is 6.07 Å². The summed E-state index contributed by atoms with van der Waals surface area (Å²) in [6.45, 7) is 6.70. The van der Waals surface area contributed by atoms with Gasteiger partial charge >= 0.3 is 0 Å². The summed E-state index contributed by atoms with van der Waals surface area (Å²) in [6, 6.07) is 2.04. The van der Waals surface area contributed by atoms with Crippen molar-refractivity contribution < 1.29 is 9.47 Å². The third-order valence-corrected chi connectivity index (χ3v) is 5.00. The second kappa shape index (κ2) is 7.50. The van der Waals surface area contributed by atoms with Gasteiger partial charge in [0.15, 0.2) is 11.5 Å². The monoisotopic (exact) mass is 355 g/mol. The zero-order chi connectivity index (χ0) is 15.4. The predicted molar refractivity (Wildman–Crippen MR) is 90.6 cm³/mol. The Morgan fingerprint density at radius 1 is 1.24 bits per heavy atom. The molecule has 0 amide bonds. The average molecular weight is 356 g/mol. The quantitative estimate of drug-likeness (QED) is 0.861. The van der Waals surface area contributed by atoms with Crippen molar-refractivity contribution in [3.8, 4) is 11.5 Å². The first-order valence-electron chi connectivity index (χ1n) is 7.72. The van der Waals surface area contributed by atoms with Gasteiger partial charge in [-0.15, -0.1) is 0 Å². The minimum atomic E-state index is 0.406. The van der Waals surface area contributed by atoms with Crippen molar-refractivity contribution >= 4 is 15.9 Å². The molecule has 2 rings (SSSR count). The number of ether oxygens (including phenoxy) is 2. The molecule has 1 aromatic carbocycles. The predicted octanol–water partition coefficient (Wildman–Crippen LogP) is 4.13. The Morgan fingerprint density at radius 3 is 2.43 bits per heavy atom. The van der Waals surface area contributed by atoms with Crippen molar-refractivity contribution in [3.05, 3.63) is 21.7 Å². The molecule has 1 aliphatic rings. The van der Waals surface area contributed by atoms with Crippen molar-refractivity contribution in [3.63, 3.8) is 0 Å². The molecule has 1 aliphatic heterocycles. The molecule has 0 aromatic heterocycles. The molecule has 0 spiro atoms. The maximum absolute atomic E-state index is 5.66. The van der Waals surface area contributed by atoms with Gasteiger partial charge in [-0.25, -0.2) is 0 Å². The SMILES string of the molecule is COc1cc(Br)c(CC2CCNCC2)c(C(C)C)c1OC. The second-order valence-corrected chi connectivity index (χ2v) is 6.89. The van der Waals surface area contributed by atoms with Crippen LogP contribution in [-0.4, -0.2) is 27.3 Å². The van der Waals surface area contributed by atoms with Crippen LogP contribution in [0.4, 0.5) is 0 Å². The molecule has 1 saturated heterocycles. The van der Waals surface area contributed by atoms with E-state index >= 15 is 0 Å². The molecule has 0 aliphatic carbocycles. The van der Waals surface area contributed by atoms with Crippen molar-refractivity contribution in [2.75, 3.05) is 27.3 Å². The fraction of sp³-hybridized carbons (Fsp3) is 0.647. The van der Waals surface area contributed by atoms with Crippen LogP contribution >= 0.6 is 15.9 Å². The third-order valence-electron chi connectivity index (χ3n) is 4.29.